The first-order valence-corrected chi connectivity index (χ1v) is 3.95. The summed E-state index contributed by atoms with van der Waals surface area (Å²) in [5, 5.41) is 18.7. The van der Waals surface area contributed by atoms with Crippen LogP contribution in [0, 0.1) is 0 Å². The molecule has 0 saturated heterocycles. The van der Waals surface area contributed by atoms with Gasteiger partial charge in [-0.3, -0.25) is 0 Å². The zero-order valence-corrected chi connectivity index (χ0v) is 8.01. The van der Waals surface area contributed by atoms with Crippen molar-refractivity contribution < 1.29 is 24.5 Å². The van der Waals surface area contributed by atoms with E-state index in [-0.39, 0.29) is 0 Å². The summed E-state index contributed by atoms with van der Waals surface area (Å²) in [6.45, 7) is 1.47. The smallest absolute Gasteiger partial charge is 0.151 e. The van der Waals surface area contributed by atoms with E-state index in [4.69, 9.17) is 9.84 Å². The molecule has 0 amide bonds. The van der Waals surface area contributed by atoms with E-state index >= 15 is 0 Å². The van der Waals surface area contributed by atoms with Crippen LogP contribution < -0.4 is 0 Å². The third kappa shape index (κ3) is 3.40. The molecule has 0 aliphatic carbocycles. The lowest BCUT2D eigenvalue weighted by Gasteiger charge is -2.26. The molecule has 0 heterocycles. The summed E-state index contributed by atoms with van der Waals surface area (Å²) < 4.78 is 9.50. The second-order valence-corrected chi connectivity index (χ2v) is 2.77. The summed E-state index contributed by atoms with van der Waals surface area (Å²) >= 11 is 0. The molecule has 13 heavy (non-hydrogen) atoms. The van der Waals surface area contributed by atoms with E-state index in [0.29, 0.717) is 6.29 Å². The molecular weight excluding hydrogens is 176 g/mol. The van der Waals surface area contributed by atoms with Gasteiger partial charge in [-0.2, -0.15) is 0 Å². The van der Waals surface area contributed by atoms with Gasteiger partial charge in [0.15, 0.2) is 6.29 Å². The Labute approximate surface area is 77.3 Å². The van der Waals surface area contributed by atoms with Gasteiger partial charge < -0.3 is 24.5 Å². The van der Waals surface area contributed by atoms with Gasteiger partial charge in [-0.05, 0) is 6.92 Å². The quantitative estimate of drug-likeness (QED) is 0.525. The van der Waals surface area contributed by atoms with Crippen molar-refractivity contribution in [1.29, 1.82) is 0 Å². The molecular formula is C8H16O5. The predicted molar refractivity (Wildman–Crippen MR) is 45.3 cm³/mol. The number of methoxy groups -OCH3 is 2. The van der Waals surface area contributed by atoms with Crippen molar-refractivity contribution in [2.45, 2.75) is 31.3 Å². The minimum Gasteiger partial charge on any atom is -0.391 e. The van der Waals surface area contributed by atoms with Gasteiger partial charge in [0.1, 0.15) is 18.3 Å². The molecule has 0 unspecified atom stereocenters. The van der Waals surface area contributed by atoms with Crippen molar-refractivity contribution in [1.82, 2.24) is 0 Å². The molecule has 0 radical (unpaired) electrons. The molecule has 5 heteroatoms. The number of carbonyl (C=O) groups is 1. The highest BCUT2D eigenvalue weighted by molar-refractivity contribution is 5.57. The molecule has 0 aromatic carbocycles. The third-order valence-electron chi connectivity index (χ3n) is 1.83. The van der Waals surface area contributed by atoms with Gasteiger partial charge in [0.2, 0.25) is 0 Å². The maximum atomic E-state index is 10.4. The molecule has 0 aliphatic rings. The molecule has 0 aromatic heterocycles. The number of hydrogen-bond donors (Lipinski definition) is 2. The van der Waals surface area contributed by atoms with E-state index in [1.54, 1.807) is 0 Å². The Kier molecular flexibility index (Phi) is 5.81. The number of aliphatic hydroxyl groups excluding tert-OH is 2. The average molecular weight is 192 g/mol. The maximum Gasteiger partial charge on any atom is 0.151 e. The van der Waals surface area contributed by atoms with Crippen LogP contribution >= 0.6 is 0 Å². The molecule has 2 N–H and O–H groups in total. The zero-order valence-electron chi connectivity index (χ0n) is 8.01. The van der Waals surface area contributed by atoms with E-state index in [0.717, 1.165) is 0 Å². The number of rotatable bonds is 6. The molecule has 0 aliphatic heterocycles. The zero-order chi connectivity index (χ0) is 10.4. The van der Waals surface area contributed by atoms with E-state index in [1.165, 1.54) is 21.1 Å². The summed E-state index contributed by atoms with van der Waals surface area (Å²) in [6, 6.07) is 0. The van der Waals surface area contributed by atoms with Crippen LogP contribution in [0.1, 0.15) is 6.92 Å². The summed E-state index contributed by atoms with van der Waals surface area (Å²) in [5.74, 6) is 0. The second-order valence-electron chi connectivity index (χ2n) is 2.77. The highest BCUT2D eigenvalue weighted by atomic mass is 16.5. The minimum absolute atomic E-state index is 0.471. The van der Waals surface area contributed by atoms with Gasteiger partial charge in [0, 0.05) is 14.2 Å². The molecule has 0 bridgehead atoms. The van der Waals surface area contributed by atoms with Gasteiger partial charge in [-0.25, -0.2) is 0 Å². The Bertz CT molecular complexity index is 147. The molecule has 78 valence electrons. The standard InChI is InChI=1S/C8H16O5/c1-5(10)8(13-3)7(11)6(4-9)12-2/h4-8,10-11H,1-3H3/t5-,6+,7-,8+/m1/s1. The Morgan fingerprint density at radius 3 is 2.00 bits per heavy atom. The first kappa shape index (κ1) is 12.5. The van der Waals surface area contributed by atoms with Gasteiger partial charge in [0.25, 0.3) is 0 Å². The van der Waals surface area contributed by atoms with Crippen molar-refractivity contribution in [3.8, 4) is 0 Å². The molecule has 0 saturated carbocycles. The highest BCUT2D eigenvalue weighted by Gasteiger charge is 2.30. The highest BCUT2D eigenvalue weighted by Crippen LogP contribution is 2.09. The number of aliphatic hydroxyl groups is 2. The van der Waals surface area contributed by atoms with E-state index in [9.17, 15) is 9.90 Å². The fraction of sp³-hybridized carbons (Fsp3) is 0.875. The monoisotopic (exact) mass is 192 g/mol. The van der Waals surface area contributed by atoms with Crippen LogP contribution in [0.15, 0.2) is 0 Å². The topological polar surface area (TPSA) is 76.0 Å². The summed E-state index contributed by atoms with van der Waals surface area (Å²) in [6.07, 6.45) is -3.35. The van der Waals surface area contributed by atoms with Crippen LogP contribution in [0.25, 0.3) is 0 Å². The second kappa shape index (κ2) is 6.04. The molecule has 5 nitrogen and oxygen atoms in total. The van der Waals surface area contributed by atoms with Crippen LogP contribution in [-0.4, -0.2) is 55.1 Å². The van der Waals surface area contributed by atoms with Crippen LogP contribution in [0.4, 0.5) is 0 Å². The normalized spacial score (nSPS) is 20.4. The van der Waals surface area contributed by atoms with Crippen LogP contribution in [0.2, 0.25) is 0 Å². The van der Waals surface area contributed by atoms with Crippen molar-refractivity contribution in [2.75, 3.05) is 14.2 Å². The SMILES string of the molecule is CO[C@H]([C@H](O)[C@H](C=O)OC)[C@@H](C)O. The summed E-state index contributed by atoms with van der Waals surface area (Å²) in [7, 11) is 2.65. The van der Waals surface area contributed by atoms with Crippen molar-refractivity contribution in [2.24, 2.45) is 0 Å². The maximum absolute atomic E-state index is 10.4. The predicted octanol–water partition coefficient (Wildman–Crippen LogP) is -1.04. The molecule has 0 fully saturated rings. The van der Waals surface area contributed by atoms with E-state index < -0.39 is 24.4 Å². The minimum atomic E-state index is -1.16. The average Bonchev–Trinajstić information content (AvgIpc) is 2.07. The van der Waals surface area contributed by atoms with Crippen LogP contribution in [0.5, 0.6) is 0 Å². The van der Waals surface area contributed by atoms with Crippen molar-refractivity contribution >= 4 is 6.29 Å². The van der Waals surface area contributed by atoms with Crippen LogP contribution in [-0.2, 0) is 14.3 Å². The van der Waals surface area contributed by atoms with Gasteiger partial charge in [-0.15, -0.1) is 0 Å². The first-order valence-electron chi connectivity index (χ1n) is 3.95. The lowest BCUT2D eigenvalue weighted by Crippen LogP contribution is -2.46. The third-order valence-corrected chi connectivity index (χ3v) is 1.83. The molecule has 4 atom stereocenters. The largest absolute Gasteiger partial charge is 0.391 e. The van der Waals surface area contributed by atoms with Gasteiger partial charge in [0.05, 0.1) is 6.10 Å². The lowest BCUT2D eigenvalue weighted by molar-refractivity contribution is -0.141. The number of ether oxygens (including phenoxy) is 2. The van der Waals surface area contributed by atoms with E-state index in [1.807, 2.05) is 0 Å². The Morgan fingerprint density at radius 2 is 1.77 bits per heavy atom. The number of carbonyl (C=O) groups excluding carboxylic acids is 1. The number of hydrogen-bond acceptors (Lipinski definition) is 5. The van der Waals surface area contributed by atoms with Crippen molar-refractivity contribution in [3.63, 3.8) is 0 Å². The Balaban J connectivity index is 4.33. The fourth-order valence-electron chi connectivity index (χ4n) is 1.08. The molecule has 0 aromatic rings. The Morgan fingerprint density at radius 1 is 1.23 bits per heavy atom. The molecule has 0 rings (SSSR count). The summed E-state index contributed by atoms with van der Waals surface area (Å²) in [4.78, 5) is 10.4. The van der Waals surface area contributed by atoms with Gasteiger partial charge >= 0.3 is 0 Å². The molecule has 0 spiro atoms. The summed E-state index contributed by atoms with van der Waals surface area (Å²) in [5.41, 5.74) is 0. The van der Waals surface area contributed by atoms with Gasteiger partial charge in [-0.1, -0.05) is 0 Å². The van der Waals surface area contributed by atoms with Crippen molar-refractivity contribution in [3.05, 3.63) is 0 Å². The Hall–Kier alpha value is -0.490. The number of aldehydes is 1. The lowest BCUT2D eigenvalue weighted by atomic mass is 10.0. The van der Waals surface area contributed by atoms with E-state index in [2.05, 4.69) is 4.74 Å². The van der Waals surface area contributed by atoms with Crippen LogP contribution in [0.3, 0.4) is 0 Å². The fourth-order valence-corrected chi connectivity index (χ4v) is 1.08. The first-order chi connectivity index (χ1) is 6.08.